The first-order valence-corrected chi connectivity index (χ1v) is 9.97. The van der Waals surface area contributed by atoms with Crippen LogP contribution in [0.4, 0.5) is 11.4 Å². The Morgan fingerprint density at radius 3 is 2.22 bits per heavy atom. The normalized spacial score (nSPS) is 11.0. The van der Waals surface area contributed by atoms with Crippen LogP contribution in [-0.4, -0.2) is 14.3 Å². The van der Waals surface area contributed by atoms with Crippen LogP contribution in [0.5, 0.6) is 0 Å². The van der Waals surface area contributed by atoms with Gasteiger partial charge >= 0.3 is 0 Å². The van der Waals surface area contributed by atoms with Gasteiger partial charge in [0.15, 0.2) is 0 Å². The minimum Gasteiger partial charge on any atom is -0.322 e. The van der Waals surface area contributed by atoms with E-state index in [0.29, 0.717) is 27.5 Å². The number of rotatable bonds is 5. The number of benzene rings is 3. The van der Waals surface area contributed by atoms with E-state index in [1.807, 2.05) is 0 Å². The van der Waals surface area contributed by atoms with Crippen LogP contribution in [0.3, 0.4) is 0 Å². The second kappa shape index (κ2) is 7.82. The molecule has 0 aliphatic rings. The van der Waals surface area contributed by atoms with E-state index in [1.165, 1.54) is 12.1 Å². The molecule has 0 unspecified atom stereocenters. The standard InChI is InChI=1S/C20H17ClN2O3S/c1-14-18(20(24)22-16-12-10-15(21)11-13-16)8-5-9-19(14)23-27(25,26)17-6-3-2-4-7-17/h2-13,23H,1H3,(H,22,24). The molecule has 1 amide bonds. The highest BCUT2D eigenvalue weighted by atomic mass is 35.5. The second-order valence-corrected chi connectivity index (χ2v) is 7.98. The fourth-order valence-corrected chi connectivity index (χ4v) is 3.80. The van der Waals surface area contributed by atoms with Gasteiger partial charge in [-0.1, -0.05) is 35.9 Å². The Bertz CT molecular complexity index is 1070. The lowest BCUT2D eigenvalue weighted by atomic mass is 10.1. The van der Waals surface area contributed by atoms with Gasteiger partial charge in [0.05, 0.1) is 10.6 Å². The maximum absolute atomic E-state index is 12.6. The van der Waals surface area contributed by atoms with Gasteiger partial charge in [-0.05, 0) is 61.0 Å². The van der Waals surface area contributed by atoms with Crippen molar-refractivity contribution in [3.63, 3.8) is 0 Å². The zero-order valence-corrected chi connectivity index (χ0v) is 16.0. The molecular weight excluding hydrogens is 384 g/mol. The van der Waals surface area contributed by atoms with E-state index in [2.05, 4.69) is 10.0 Å². The molecule has 0 aliphatic carbocycles. The summed E-state index contributed by atoms with van der Waals surface area (Å²) >= 11 is 5.85. The first-order chi connectivity index (χ1) is 12.9. The fourth-order valence-electron chi connectivity index (χ4n) is 2.53. The summed E-state index contributed by atoms with van der Waals surface area (Å²) in [5, 5.41) is 3.34. The quantitative estimate of drug-likeness (QED) is 0.651. The van der Waals surface area contributed by atoms with Crippen LogP contribution in [0.25, 0.3) is 0 Å². The lowest BCUT2D eigenvalue weighted by Gasteiger charge is -2.14. The minimum atomic E-state index is -3.74. The zero-order chi connectivity index (χ0) is 19.4. The molecule has 5 nitrogen and oxygen atoms in total. The minimum absolute atomic E-state index is 0.153. The number of sulfonamides is 1. The Kier molecular flexibility index (Phi) is 5.48. The van der Waals surface area contributed by atoms with Crippen molar-refractivity contribution in [1.82, 2.24) is 0 Å². The lowest BCUT2D eigenvalue weighted by molar-refractivity contribution is 0.102. The highest BCUT2D eigenvalue weighted by molar-refractivity contribution is 7.92. The molecule has 0 saturated heterocycles. The molecule has 0 spiro atoms. The average Bonchev–Trinajstić information content (AvgIpc) is 2.66. The molecule has 0 aliphatic heterocycles. The van der Waals surface area contributed by atoms with E-state index in [1.54, 1.807) is 67.6 Å². The summed E-state index contributed by atoms with van der Waals surface area (Å²) in [5.74, 6) is -0.337. The SMILES string of the molecule is Cc1c(NS(=O)(=O)c2ccccc2)cccc1C(=O)Nc1ccc(Cl)cc1. The Labute approximate surface area is 163 Å². The fraction of sp³-hybridized carbons (Fsp3) is 0.0500. The van der Waals surface area contributed by atoms with Crippen molar-refractivity contribution < 1.29 is 13.2 Å². The van der Waals surface area contributed by atoms with Gasteiger partial charge < -0.3 is 5.32 Å². The molecule has 0 heterocycles. The molecule has 3 aromatic rings. The molecule has 0 fully saturated rings. The van der Waals surface area contributed by atoms with Crippen molar-refractivity contribution in [2.24, 2.45) is 0 Å². The van der Waals surface area contributed by atoms with E-state index in [-0.39, 0.29) is 10.8 Å². The van der Waals surface area contributed by atoms with E-state index < -0.39 is 10.0 Å². The summed E-state index contributed by atoms with van der Waals surface area (Å²) < 4.78 is 27.6. The van der Waals surface area contributed by atoms with Gasteiger partial charge in [0.2, 0.25) is 0 Å². The van der Waals surface area contributed by atoms with Crippen molar-refractivity contribution in [2.75, 3.05) is 10.0 Å². The van der Waals surface area contributed by atoms with Gasteiger partial charge in [0, 0.05) is 16.3 Å². The molecule has 3 aromatic carbocycles. The molecule has 27 heavy (non-hydrogen) atoms. The van der Waals surface area contributed by atoms with Crippen molar-refractivity contribution in [3.8, 4) is 0 Å². The van der Waals surface area contributed by atoms with E-state index in [4.69, 9.17) is 11.6 Å². The summed E-state index contributed by atoms with van der Waals surface area (Å²) in [4.78, 5) is 12.7. The largest absolute Gasteiger partial charge is 0.322 e. The molecule has 0 saturated carbocycles. The highest BCUT2D eigenvalue weighted by Crippen LogP contribution is 2.23. The Morgan fingerprint density at radius 1 is 0.889 bits per heavy atom. The van der Waals surface area contributed by atoms with Gasteiger partial charge in [0.1, 0.15) is 0 Å². The van der Waals surface area contributed by atoms with Crippen LogP contribution in [-0.2, 0) is 10.0 Å². The number of carbonyl (C=O) groups is 1. The molecule has 2 N–H and O–H groups in total. The first-order valence-electron chi connectivity index (χ1n) is 8.11. The Balaban J connectivity index is 1.85. The maximum Gasteiger partial charge on any atom is 0.261 e. The van der Waals surface area contributed by atoms with Gasteiger partial charge in [-0.15, -0.1) is 0 Å². The summed E-state index contributed by atoms with van der Waals surface area (Å²) in [6.45, 7) is 1.69. The number of anilines is 2. The Hall–Kier alpha value is -2.83. The summed E-state index contributed by atoms with van der Waals surface area (Å²) in [7, 11) is -3.74. The van der Waals surface area contributed by atoms with Crippen LogP contribution < -0.4 is 10.0 Å². The third-order valence-electron chi connectivity index (χ3n) is 3.98. The van der Waals surface area contributed by atoms with Crippen LogP contribution in [0, 0.1) is 6.92 Å². The molecule has 0 bridgehead atoms. The number of amides is 1. The van der Waals surface area contributed by atoms with Crippen molar-refractivity contribution in [1.29, 1.82) is 0 Å². The van der Waals surface area contributed by atoms with Crippen molar-refractivity contribution >= 4 is 38.9 Å². The Morgan fingerprint density at radius 2 is 1.56 bits per heavy atom. The summed E-state index contributed by atoms with van der Waals surface area (Å²) in [6, 6.07) is 19.7. The molecular formula is C20H17ClN2O3S. The predicted octanol–water partition coefficient (Wildman–Crippen LogP) is 4.70. The van der Waals surface area contributed by atoms with Crippen LogP contribution >= 0.6 is 11.6 Å². The molecule has 3 rings (SSSR count). The lowest BCUT2D eigenvalue weighted by Crippen LogP contribution is -2.17. The van der Waals surface area contributed by atoms with Crippen molar-refractivity contribution in [2.45, 2.75) is 11.8 Å². The topological polar surface area (TPSA) is 75.3 Å². The number of hydrogen-bond donors (Lipinski definition) is 2. The number of nitrogens with one attached hydrogen (secondary N) is 2. The highest BCUT2D eigenvalue weighted by Gasteiger charge is 2.17. The van der Waals surface area contributed by atoms with Crippen LogP contribution in [0.1, 0.15) is 15.9 Å². The molecule has 0 atom stereocenters. The predicted molar refractivity (Wildman–Crippen MR) is 108 cm³/mol. The van der Waals surface area contributed by atoms with Crippen LogP contribution in [0.2, 0.25) is 5.02 Å². The maximum atomic E-state index is 12.6. The van der Waals surface area contributed by atoms with E-state index in [9.17, 15) is 13.2 Å². The van der Waals surface area contributed by atoms with Crippen molar-refractivity contribution in [3.05, 3.63) is 88.9 Å². The third-order valence-corrected chi connectivity index (χ3v) is 5.61. The third kappa shape index (κ3) is 4.48. The molecule has 138 valence electrons. The summed E-state index contributed by atoms with van der Waals surface area (Å²) in [6.07, 6.45) is 0. The van der Waals surface area contributed by atoms with Crippen LogP contribution in [0.15, 0.2) is 77.7 Å². The average molecular weight is 401 g/mol. The van der Waals surface area contributed by atoms with Gasteiger partial charge in [-0.2, -0.15) is 0 Å². The molecule has 0 radical (unpaired) electrons. The number of halogens is 1. The second-order valence-electron chi connectivity index (χ2n) is 5.86. The summed E-state index contributed by atoms with van der Waals surface area (Å²) in [5.41, 5.74) is 1.85. The zero-order valence-electron chi connectivity index (χ0n) is 14.4. The van der Waals surface area contributed by atoms with Gasteiger partial charge in [-0.3, -0.25) is 9.52 Å². The molecule has 0 aromatic heterocycles. The van der Waals surface area contributed by atoms with Gasteiger partial charge in [-0.25, -0.2) is 8.42 Å². The monoisotopic (exact) mass is 400 g/mol. The molecule has 7 heteroatoms. The van der Waals surface area contributed by atoms with Gasteiger partial charge in [0.25, 0.3) is 15.9 Å². The number of carbonyl (C=O) groups excluding carboxylic acids is 1. The first kappa shape index (κ1) is 18.9. The smallest absolute Gasteiger partial charge is 0.261 e. The number of hydrogen-bond acceptors (Lipinski definition) is 3. The van der Waals surface area contributed by atoms with E-state index in [0.717, 1.165) is 0 Å². The van der Waals surface area contributed by atoms with E-state index >= 15 is 0 Å².